The molecule has 104 valence electrons. The molecule has 0 unspecified atom stereocenters. The van der Waals surface area contributed by atoms with Gasteiger partial charge in [0.1, 0.15) is 0 Å². The van der Waals surface area contributed by atoms with Crippen LogP contribution in [0.25, 0.3) is 0 Å². The van der Waals surface area contributed by atoms with Crippen molar-refractivity contribution < 1.29 is 4.79 Å². The van der Waals surface area contributed by atoms with Gasteiger partial charge < -0.3 is 10.3 Å². The van der Waals surface area contributed by atoms with Gasteiger partial charge in [-0.3, -0.25) is 10.6 Å². The van der Waals surface area contributed by atoms with E-state index in [1.165, 1.54) is 5.56 Å². The first-order chi connectivity index (χ1) is 9.60. The Bertz CT molecular complexity index is 576. The minimum absolute atomic E-state index is 0.00542. The highest BCUT2D eigenvalue weighted by Crippen LogP contribution is 2.12. The van der Waals surface area contributed by atoms with Gasteiger partial charge in [-0.25, -0.2) is 0 Å². The lowest BCUT2D eigenvalue weighted by Gasteiger charge is -2.17. The fourth-order valence-electron chi connectivity index (χ4n) is 1.97. The fourth-order valence-corrected chi connectivity index (χ4v) is 1.97. The van der Waals surface area contributed by atoms with E-state index in [0.717, 1.165) is 11.3 Å². The molecule has 20 heavy (non-hydrogen) atoms. The van der Waals surface area contributed by atoms with Gasteiger partial charge in [0.2, 0.25) is 0 Å². The molecule has 1 amide bonds. The van der Waals surface area contributed by atoms with Crippen LogP contribution in [0.1, 0.15) is 21.5 Å². The van der Waals surface area contributed by atoms with Gasteiger partial charge in [0.15, 0.2) is 0 Å². The minimum Gasteiger partial charge on any atom is -0.337 e. The standard InChI is InChI=1S/C16H19N3O/c1-12-3-5-13(6-4-12)11-19(2)16(20)14-7-9-15(18-17)10-8-14/h3-10,18H,11,17H2,1-2H3. The third-order valence-electron chi connectivity index (χ3n) is 3.19. The van der Waals surface area contributed by atoms with Gasteiger partial charge in [0.25, 0.3) is 5.91 Å². The summed E-state index contributed by atoms with van der Waals surface area (Å²) in [5, 5.41) is 0. The van der Waals surface area contributed by atoms with Crippen molar-refractivity contribution in [1.29, 1.82) is 0 Å². The van der Waals surface area contributed by atoms with Crippen LogP contribution in [0.15, 0.2) is 48.5 Å². The Balaban J connectivity index is 2.05. The van der Waals surface area contributed by atoms with Crippen LogP contribution in [-0.2, 0) is 6.54 Å². The average Bonchev–Trinajstić information content (AvgIpc) is 2.49. The van der Waals surface area contributed by atoms with E-state index < -0.39 is 0 Å². The maximum atomic E-state index is 12.3. The summed E-state index contributed by atoms with van der Waals surface area (Å²) >= 11 is 0. The van der Waals surface area contributed by atoms with Crippen LogP contribution in [0.5, 0.6) is 0 Å². The number of nitrogens with two attached hydrogens (primary N) is 1. The summed E-state index contributed by atoms with van der Waals surface area (Å²) in [6.45, 7) is 2.64. The van der Waals surface area contributed by atoms with Gasteiger partial charge in [-0.15, -0.1) is 0 Å². The molecule has 2 rings (SSSR count). The van der Waals surface area contributed by atoms with Crippen molar-refractivity contribution in [1.82, 2.24) is 4.90 Å². The molecule has 0 radical (unpaired) electrons. The molecule has 3 N–H and O–H groups in total. The summed E-state index contributed by atoms with van der Waals surface area (Å²) in [5.41, 5.74) is 6.31. The third-order valence-corrected chi connectivity index (χ3v) is 3.19. The highest BCUT2D eigenvalue weighted by molar-refractivity contribution is 5.94. The van der Waals surface area contributed by atoms with E-state index in [0.29, 0.717) is 12.1 Å². The van der Waals surface area contributed by atoms with E-state index >= 15 is 0 Å². The summed E-state index contributed by atoms with van der Waals surface area (Å²) in [4.78, 5) is 14.0. The molecule has 0 fully saturated rings. The molecule has 0 aliphatic rings. The Morgan fingerprint density at radius 1 is 1.10 bits per heavy atom. The monoisotopic (exact) mass is 269 g/mol. The van der Waals surface area contributed by atoms with Crippen LogP contribution < -0.4 is 11.3 Å². The number of amides is 1. The highest BCUT2D eigenvalue weighted by Gasteiger charge is 2.11. The number of nitrogens with one attached hydrogen (secondary N) is 1. The Morgan fingerprint density at radius 2 is 1.70 bits per heavy atom. The van der Waals surface area contributed by atoms with Crippen LogP contribution in [0, 0.1) is 6.92 Å². The molecule has 2 aromatic carbocycles. The SMILES string of the molecule is Cc1ccc(CN(C)C(=O)c2ccc(NN)cc2)cc1. The average molecular weight is 269 g/mol. The topological polar surface area (TPSA) is 58.4 Å². The zero-order valence-corrected chi connectivity index (χ0v) is 11.8. The Labute approximate surface area is 119 Å². The van der Waals surface area contributed by atoms with E-state index in [2.05, 4.69) is 17.6 Å². The second-order valence-electron chi connectivity index (χ2n) is 4.87. The van der Waals surface area contributed by atoms with Crippen molar-refractivity contribution in [3.63, 3.8) is 0 Å². The summed E-state index contributed by atoms with van der Waals surface area (Å²) in [6, 6.07) is 15.3. The lowest BCUT2D eigenvalue weighted by Crippen LogP contribution is -2.26. The number of nitrogen functional groups attached to an aromatic ring is 1. The molecule has 0 aliphatic carbocycles. The van der Waals surface area contributed by atoms with Crippen LogP contribution in [-0.4, -0.2) is 17.9 Å². The molecule has 0 aliphatic heterocycles. The highest BCUT2D eigenvalue weighted by atomic mass is 16.2. The quantitative estimate of drug-likeness (QED) is 0.662. The number of hydrazine groups is 1. The van der Waals surface area contributed by atoms with Gasteiger partial charge in [0, 0.05) is 24.8 Å². The Hall–Kier alpha value is -2.33. The summed E-state index contributed by atoms with van der Waals surface area (Å²) in [6.07, 6.45) is 0. The molecule has 2 aromatic rings. The minimum atomic E-state index is -0.00542. The number of anilines is 1. The van der Waals surface area contributed by atoms with Crippen molar-refractivity contribution in [3.05, 3.63) is 65.2 Å². The number of rotatable bonds is 4. The van der Waals surface area contributed by atoms with Gasteiger partial charge in [-0.05, 0) is 36.8 Å². The number of benzene rings is 2. The van der Waals surface area contributed by atoms with Crippen molar-refractivity contribution in [3.8, 4) is 0 Å². The molecule has 4 heteroatoms. The van der Waals surface area contributed by atoms with E-state index in [4.69, 9.17) is 5.84 Å². The molecule has 0 bridgehead atoms. The Morgan fingerprint density at radius 3 is 2.25 bits per heavy atom. The van der Waals surface area contributed by atoms with Gasteiger partial charge in [-0.1, -0.05) is 29.8 Å². The second-order valence-corrected chi connectivity index (χ2v) is 4.87. The summed E-state index contributed by atoms with van der Waals surface area (Å²) in [5.74, 6) is 5.30. The number of hydrogen-bond donors (Lipinski definition) is 2. The molecule has 0 heterocycles. The van der Waals surface area contributed by atoms with Gasteiger partial charge >= 0.3 is 0 Å². The number of carbonyl (C=O) groups is 1. The zero-order chi connectivity index (χ0) is 14.5. The molecular weight excluding hydrogens is 250 g/mol. The zero-order valence-electron chi connectivity index (χ0n) is 11.8. The number of hydrogen-bond acceptors (Lipinski definition) is 3. The second kappa shape index (κ2) is 6.21. The summed E-state index contributed by atoms with van der Waals surface area (Å²) < 4.78 is 0. The third kappa shape index (κ3) is 3.36. The molecule has 0 atom stereocenters. The smallest absolute Gasteiger partial charge is 0.253 e. The molecule has 0 saturated heterocycles. The lowest BCUT2D eigenvalue weighted by atomic mass is 10.1. The normalized spacial score (nSPS) is 10.2. The van der Waals surface area contributed by atoms with Crippen molar-refractivity contribution in [2.24, 2.45) is 5.84 Å². The first-order valence-corrected chi connectivity index (χ1v) is 6.48. The van der Waals surface area contributed by atoms with E-state index in [9.17, 15) is 4.79 Å². The number of nitrogens with zero attached hydrogens (tertiary/aromatic N) is 1. The maximum absolute atomic E-state index is 12.3. The maximum Gasteiger partial charge on any atom is 0.253 e. The van der Waals surface area contributed by atoms with E-state index in [1.54, 1.807) is 36.2 Å². The predicted molar refractivity (Wildman–Crippen MR) is 81.2 cm³/mol. The van der Waals surface area contributed by atoms with Crippen LogP contribution >= 0.6 is 0 Å². The predicted octanol–water partition coefficient (Wildman–Crippen LogP) is 2.55. The van der Waals surface area contributed by atoms with Gasteiger partial charge in [-0.2, -0.15) is 0 Å². The summed E-state index contributed by atoms with van der Waals surface area (Å²) in [7, 11) is 1.80. The van der Waals surface area contributed by atoms with Crippen LogP contribution in [0.3, 0.4) is 0 Å². The number of carbonyl (C=O) groups excluding carboxylic acids is 1. The van der Waals surface area contributed by atoms with Crippen molar-refractivity contribution >= 4 is 11.6 Å². The Kier molecular flexibility index (Phi) is 4.38. The van der Waals surface area contributed by atoms with Crippen LogP contribution in [0.4, 0.5) is 5.69 Å². The molecule has 0 spiro atoms. The van der Waals surface area contributed by atoms with E-state index in [-0.39, 0.29) is 5.91 Å². The first-order valence-electron chi connectivity index (χ1n) is 6.48. The van der Waals surface area contributed by atoms with Crippen molar-refractivity contribution in [2.45, 2.75) is 13.5 Å². The largest absolute Gasteiger partial charge is 0.337 e. The first kappa shape index (κ1) is 14.1. The molecule has 0 aromatic heterocycles. The molecule has 0 saturated carbocycles. The number of aryl methyl sites for hydroxylation is 1. The van der Waals surface area contributed by atoms with E-state index in [1.807, 2.05) is 19.1 Å². The molecular formula is C16H19N3O. The van der Waals surface area contributed by atoms with Gasteiger partial charge in [0.05, 0.1) is 0 Å². The van der Waals surface area contributed by atoms with Crippen molar-refractivity contribution in [2.75, 3.05) is 12.5 Å². The lowest BCUT2D eigenvalue weighted by molar-refractivity contribution is 0.0785. The fraction of sp³-hybridized carbons (Fsp3) is 0.188. The van der Waals surface area contributed by atoms with Crippen LogP contribution in [0.2, 0.25) is 0 Å². The molecule has 4 nitrogen and oxygen atoms in total.